The molecule has 158 valence electrons. The van der Waals surface area contributed by atoms with Crippen LogP contribution in [0.4, 0.5) is 5.82 Å². The second kappa shape index (κ2) is 8.47. The lowest BCUT2D eigenvalue weighted by atomic mass is 9.96. The molecular formula is C25H28N6. The summed E-state index contributed by atoms with van der Waals surface area (Å²) in [5.41, 5.74) is 4.99. The van der Waals surface area contributed by atoms with Gasteiger partial charge in [0.15, 0.2) is 0 Å². The summed E-state index contributed by atoms with van der Waals surface area (Å²) in [5.74, 6) is 1.83. The predicted octanol–water partition coefficient (Wildman–Crippen LogP) is 3.91. The molecule has 0 bridgehead atoms. The van der Waals surface area contributed by atoms with Crippen molar-refractivity contribution < 1.29 is 0 Å². The molecular weight excluding hydrogens is 384 g/mol. The molecule has 4 aromatic rings. The van der Waals surface area contributed by atoms with Gasteiger partial charge in [0.2, 0.25) is 0 Å². The summed E-state index contributed by atoms with van der Waals surface area (Å²) in [7, 11) is 0. The van der Waals surface area contributed by atoms with Crippen LogP contribution in [0.15, 0.2) is 67.0 Å². The molecule has 0 amide bonds. The maximum atomic E-state index is 4.64. The molecule has 2 aromatic carbocycles. The lowest BCUT2D eigenvalue weighted by Crippen LogP contribution is -2.48. The van der Waals surface area contributed by atoms with E-state index in [1.54, 1.807) is 6.33 Å². The van der Waals surface area contributed by atoms with Crippen LogP contribution >= 0.6 is 0 Å². The van der Waals surface area contributed by atoms with Crippen molar-refractivity contribution in [1.82, 2.24) is 24.5 Å². The van der Waals surface area contributed by atoms with Crippen molar-refractivity contribution in [3.05, 3.63) is 89.4 Å². The Bertz CT molecular complexity index is 1110. The molecule has 0 radical (unpaired) electrons. The number of hydrogen-bond donors (Lipinski definition) is 0. The van der Waals surface area contributed by atoms with Crippen LogP contribution in [0.5, 0.6) is 0 Å². The lowest BCUT2D eigenvalue weighted by molar-refractivity contribution is 0.211. The minimum Gasteiger partial charge on any atom is -0.354 e. The van der Waals surface area contributed by atoms with Gasteiger partial charge in [0.05, 0.1) is 6.04 Å². The van der Waals surface area contributed by atoms with Gasteiger partial charge in [-0.15, -0.1) is 0 Å². The van der Waals surface area contributed by atoms with Crippen molar-refractivity contribution in [3.8, 4) is 0 Å². The summed E-state index contributed by atoms with van der Waals surface area (Å²) in [6.07, 6.45) is 2.53. The third kappa shape index (κ3) is 3.68. The van der Waals surface area contributed by atoms with Gasteiger partial charge in [-0.2, -0.15) is 14.6 Å². The number of fused-ring (bicyclic) bond motifs is 1. The molecule has 6 heteroatoms. The average Bonchev–Trinajstić information content (AvgIpc) is 3.28. The topological polar surface area (TPSA) is 49.6 Å². The first-order valence-electron chi connectivity index (χ1n) is 11.0. The van der Waals surface area contributed by atoms with Gasteiger partial charge >= 0.3 is 0 Å². The summed E-state index contributed by atoms with van der Waals surface area (Å²) >= 11 is 0. The standard InChI is InChI=1S/C25H28N6/c1-3-22-19(2)28-25-26-18-27-31(25)24(22)30-16-14-29(15-17-30)23(20-10-6-4-7-11-20)21-12-8-5-9-13-21/h4-13,18,23H,3,14-17H2,1-2H3. The molecule has 0 atom stereocenters. The van der Waals surface area contributed by atoms with Gasteiger partial charge in [0, 0.05) is 37.4 Å². The van der Waals surface area contributed by atoms with Crippen LogP contribution in [0.25, 0.3) is 5.78 Å². The smallest absolute Gasteiger partial charge is 0.254 e. The van der Waals surface area contributed by atoms with Crippen LogP contribution in [0, 0.1) is 6.92 Å². The molecule has 1 saturated heterocycles. The largest absolute Gasteiger partial charge is 0.354 e. The summed E-state index contributed by atoms with van der Waals surface area (Å²) < 4.78 is 1.91. The Balaban J connectivity index is 1.45. The molecule has 5 rings (SSSR count). The molecule has 0 N–H and O–H groups in total. The molecule has 0 aliphatic carbocycles. The zero-order chi connectivity index (χ0) is 21.2. The number of rotatable bonds is 5. The number of aromatic nitrogens is 4. The van der Waals surface area contributed by atoms with Crippen molar-refractivity contribution in [1.29, 1.82) is 0 Å². The SMILES string of the molecule is CCc1c(C)nc2ncnn2c1N1CCN(C(c2ccccc2)c2ccccc2)CC1. The molecule has 3 heterocycles. The second-order valence-corrected chi connectivity index (χ2v) is 8.07. The number of aryl methyl sites for hydroxylation is 1. The van der Waals surface area contributed by atoms with Gasteiger partial charge < -0.3 is 4.90 Å². The fraction of sp³-hybridized carbons (Fsp3) is 0.320. The maximum absolute atomic E-state index is 4.64. The van der Waals surface area contributed by atoms with Crippen LogP contribution < -0.4 is 4.90 Å². The molecule has 0 spiro atoms. The number of benzene rings is 2. The first kappa shape index (κ1) is 19.7. The molecule has 1 fully saturated rings. The highest BCUT2D eigenvalue weighted by Crippen LogP contribution is 2.31. The molecule has 0 unspecified atom stereocenters. The normalized spacial score (nSPS) is 15.1. The fourth-order valence-corrected chi connectivity index (χ4v) is 4.78. The summed E-state index contributed by atoms with van der Waals surface area (Å²) in [6.45, 7) is 8.12. The Labute approximate surface area is 183 Å². The fourth-order valence-electron chi connectivity index (χ4n) is 4.78. The highest BCUT2D eigenvalue weighted by atomic mass is 15.4. The Morgan fingerprint density at radius 3 is 2.06 bits per heavy atom. The van der Waals surface area contributed by atoms with Crippen LogP contribution in [0.2, 0.25) is 0 Å². The summed E-state index contributed by atoms with van der Waals surface area (Å²) in [6, 6.07) is 21.9. The van der Waals surface area contributed by atoms with Gasteiger partial charge in [-0.05, 0) is 24.5 Å². The molecule has 2 aromatic heterocycles. The second-order valence-electron chi connectivity index (χ2n) is 8.07. The quantitative estimate of drug-likeness (QED) is 0.497. The van der Waals surface area contributed by atoms with Crippen molar-refractivity contribution >= 4 is 11.6 Å². The van der Waals surface area contributed by atoms with Crippen molar-refractivity contribution in [2.45, 2.75) is 26.3 Å². The van der Waals surface area contributed by atoms with E-state index in [0.29, 0.717) is 5.78 Å². The molecule has 1 aliphatic heterocycles. The van der Waals surface area contributed by atoms with E-state index in [1.807, 2.05) is 4.52 Å². The van der Waals surface area contributed by atoms with Crippen LogP contribution in [-0.4, -0.2) is 50.7 Å². The van der Waals surface area contributed by atoms with Gasteiger partial charge in [-0.3, -0.25) is 4.90 Å². The average molecular weight is 413 g/mol. The molecule has 31 heavy (non-hydrogen) atoms. The van der Waals surface area contributed by atoms with Gasteiger partial charge in [0.1, 0.15) is 12.1 Å². The van der Waals surface area contributed by atoms with E-state index in [2.05, 4.69) is 99.4 Å². The summed E-state index contributed by atoms with van der Waals surface area (Å²) in [5, 5.41) is 4.48. The minimum atomic E-state index is 0.265. The lowest BCUT2D eigenvalue weighted by Gasteiger charge is -2.41. The third-order valence-electron chi connectivity index (χ3n) is 6.27. The first-order chi connectivity index (χ1) is 15.3. The molecule has 6 nitrogen and oxygen atoms in total. The van der Waals surface area contributed by atoms with E-state index < -0.39 is 0 Å². The first-order valence-corrected chi connectivity index (χ1v) is 11.0. The number of piperazine rings is 1. The van der Waals surface area contributed by atoms with Gasteiger partial charge in [0.25, 0.3) is 5.78 Å². The Morgan fingerprint density at radius 2 is 1.48 bits per heavy atom. The van der Waals surface area contributed by atoms with E-state index in [9.17, 15) is 0 Å². The van der Waals surface area contributed by atoms with E-state index in [0.717, 1.165) is 44.1 Å². The summed E-state index contributed by atoms with van der Waals surface area (Å²) in [4.78, 5) is 14.0. The number of nitrogens with zero attached hydrogens (tertiary/aromatic N) is 6. The van der Waals surface area contributed by atoms with Crippen molar-refractivity contribution in [2.75, 3.05) is 31.1 Å². The minimum absolute atomic E-state index is 0.265. The van der Waals surface area contributed by atoms with E-state index >= 15 is 0 Å². The zero-order valence-corrected chi connectivity index (χ0v) is 18.1. The van der Waals surface area contributed by atoms with E-state index in [1.165, 1.54) is 16.7 Å². The Morgan fingerprint density at radius 1 is 0.871 bits per heavy atom. The zero-order valence-electron chi connectivity index (χ0n) is 18.1. The Hall–Kier alpha value is -3.25. The highest BCUT2D eigenvalue weighted by Gasteiger charge is 2.28. The van der Waals surface area contributed by atoms with Gasteiger partial charge in [-0.1, -0.05) is 67.6 Å². The van der Waals surface area contributed by atoms with E-state index in [-0.39, 0.29) is 6.04 Å². The third-order valence-corrected chi connectivity index (χ3v) is 6.27. The number of hydrogen-bond acceptors (Lipinski definition) is 5. The van der Waals surface area contributed by atoms with Crippen molar-refractivity contribution in [3.63, 3.8) is 0 Å². The van der Waals surface area contributed by atoms with Crippen LogP contribution in [0.3, 0.4) is 0 Å². The predicted molar refractivity (Wildman–Crippen MR) is 123 cm³/mol. The monoisotopic (exact) mass is 412 g/mol. The van der Waals surface area contributed by atoms with E-state index in [4.69, 9.17) is 0 Å². The van der Waals surface area contributed by atoms with Crippen LogP contribution in [-0.2, 0) is 6.42 Å². The number of anilines is 1. The molecule has 1 aliphatic rings. The van der Waals surface area contributed by atoms with Crippen molar-refractivity contribution in [2.24, 2.45) is 0 Å². The van der Waals surface area contributed by atoms with Crippen LogP contribution in [0.1, 0.15) is 35.3 Å². The van der Waals surface area contributed by atoms with Gasteiger partial charge in [-0.25, -0.2) is 4.98 Å². The molecule has 0 saturated carbocycles. The Kier molecular flexibility index (Phi) is 5.38. The highest BCUT2D eigenvalue weighted by molar-refractivity contribution is 5.55. The maximum Gasteiger partial charge on any atom is 0.254 e.